The van der Waals surface area contributed by atoms with Gasteiger partial charge in [-0.2, -0.15) is 0 Å². The molecule has 34 heavy (non-hydrogen) atoms. The number of rotatable bonds is 11. The molecule has 0 unspecified atom stereocenters. The Hall–Kier alpha value is -2.82. The van der Waals surface area contributed by atoms with Crippen LogP contribution in [0.15, 0.2) is 78.9 Å². The molecule has 3 aromatic rings. The molecule has 3 rings (SSSR count). The normalized spacial score (nSPS) is 11.6. The third-order valence-electron chi connectivity index (χ3n) is 5.59. The molecule has 2 amide bonds. The predicted molar refractivity (Wildman–Crippen MR) is 139 cm³/mol. The van der Waals surface area contributed by atoms with Gasteiger partial charge in [0.25, 0.3) is 0 Å². The number of carbonyl (C=O) groups excluding carboxylic acids is 2. The monoisotopic (exact) mass is 496 g/mol. The van der Waals surface area contributed by atoms with E-state index in [4.69, 9.17) is 23.2 Å². The molecule has 0 saturated heterocycles. The lowest BCUT2D eigenvalue weighted by Gasteiger charge is -2.32. The van der Waals surface area contributed by atoms with Crippen molar-refractivity contribution in [3.05, 3.63) is 106 Å². The van der Waals surface area contributed by atoms with Gasteiger partial charge in [0.1, 0.15) is 6.04 Å². The molecule has 4 nitrogen and oxygen atoms in total. The largest absolute Gasteiger partial charge is 0.354 e. The highest BCUT2D eigenvalue weighted by Crippen LogP contribution is 2.19. The van der Waals surface area contributed by atoms with E-state index in [0.717, 1.165) is 29.5 Å². The van der Waals surface area contributed by atoms with Crippen LogP contribution in [0.1, 0.15) is 36.5 Å². The van der Waals surface area contributed by atoms with Crippen molar-refractivity contribution in [3.8, 4) is 0 Å². The lowest BCUT2D eigenvalue weighted by Crippen LogP contribution is -2.51. The first-order valence-electron chi connectivity index (χ1n) is 11.6. The van der Waals surface area contributed by atoms with Crippen LogP contribution in [-0.2, 0) is 29.0 Å². The van der Waals surface area contributed by atoms with Crippen molar-refractivity contribution >= 4 is 35.0 Å². The van der Waals surface area contributed by atoms with Crippen LogP contribution in [0.3, 0.4) is 0 Å². The minimum Gasteiger partial charge on any atom is -0.354 e. The van der Waals surface area contributed by atoms with Gasteiger partial charge >= 0.3 is 0 Å². The topological polar surface area (TPSA) is 49.4 Å². The van der Waals surface area contributed by atoms with E-state index >= 15 is 0 Å². The number of nitrogens with zero attached hydrogens (tertiary/aromatic N) is 1. The fourth-order valence-electron chi connectivity index (χ4n) is 3.82. The van der Waals surface area contributed by atoms with Crippen LogP contribution in [0.25, 0.3) is 0 Å². The maximum Gasteiger partial charge on any atom is 0.243 e. The van der Waals surface area contributed by atoms with E-state index in [-0.39, 0.29) is 24.8 Å². The number of nitrogens with one attached hydrogen (secondary N) is 1. The van der Waals surface area contributed by atoms with Crippen molar-refractivity contribution in [1.82, 2.24) is 10.2 Å². The van der Waals surface area contributed by atoms with E-state index < -0.39 is 6.04 Å². The first-order chi connectivity index (χ1) is 16.5. The summed E-state index contributed by atoms with van der Waals surface area (Å²) in [5.41, 5.74) is 2.66. The molecule has 6 heteroatoms. The maximum atomic E-state index is 13.6. The lowest BCUT2D eigenvalue weighted by molar-refractivity contribution is -0.140. The van der Waals surface area contributed by atoms with E-state index in [1.165, 1.54) is 0 Å². The molecule has 0 fully saturated rings. The Morgan fingerprint density at radius 3 is 2.12 bits per heavy atom. The van der Waals surface area contributed by atoms with Gasteiger partial charge in [0.15, 0.2) is 0 Å². The molecule has 1 atom stereocenters. The molecule has 0 aliphatic heterocycles. The summed E-state index contributed by atoms with van der Waals surface area (Å²) in [6, 6.07) is 23.8. The molecule has 0 aliphatic rings. The van der Waals surface area contributed by atoms with Crippen molar-refractivity contribution in [2.75, 3.05) is 6.54 Å². The van der Waals surface area contributed by atoms with Crippen molar-refractivity contribution < 1.29 is 9.59 Å². The van der Waals surface area contributed by atoms with E-state index in [1.54, 1.807) is 23.1 Å². The third kappa shape index (κ3) is 7.89. The smallest absolute Gasteiger partial charge is 0.243 e. The Bertz CT molecular complexity index is 1090. The highest BCUT2D eigenvalue weighted by molar-refractivity contribution is 6.30. The molecule has 0 aromatic heterocycles. The summed E-state index contributed by atoms with van der Waals surface area (Å²) in [6.07, 6.45) is 2.42. The van der Waals surface area contributed by atoms with Crippen LogP contribution in [0.5, 0.6) is 0 Å². The lowest BCUT2D eigenvalue weighted by atomic mass is 10.0. The summed E-state index contributed by atoms with van der Waals surface area (Å²) in [6.45, 7) is 2.93. The molecular formula is C28H30Cl2N2O2. The molecule has 1 N–H and O–H groups in total. The zero-order valence-electron chi connectivity index (χ0n) is 19.3. The molecule has 0 spiro atoms. The minimum atomic E-state index is -0.662. The first-order valence-corrected chi connectivity index (χ1v) is 12.3. The third-order valence-corrected chi connectivity index (χ3v) is 6.06. The second-order valence-electron chi connectivity index (χ2n) is 8.31. The summed E-state index contributed by atoms with van der Waals surface area (Å²) >= 11 is 12.4. The quantitative estimate of drug-likeness (QED) is 0.326. The summed E-state index contributed by atoms with van der Waals surface area (Å²) < 4.78 is 0. The number of carbonyl (C=O) groups is 2. The first kappa shape index (κ1) is 25.8. The average molecular weight is 497 g/mol. The Balaban J connectivity index is 1.94. The van der Waals surface area contributed by atoms with Gasteiger partial charge in [0.05, 0.1) is 6.42 Å². The van der Waals surface area contributed by atoms with Crippen LogP contribution >= 0.6 is 23.2 Å². The number of hydrogen-bond acceptors (Lipinski definition) is 2. The van der Waals surface area contributed by atoms with Crippen molar-refractivity contribution in [2.45, 2.75) is 45.2 Å². The Morgan fingerprint density at radius 1 is 0.853 bits per heavy atom. The molecular weight excluding hydrogens is 467 g/mol. The molecule has 0 aliphatic carbocycles. The van der Waals surface area contributed by atoms with Gasteiger partial charge in [-0.05, 0) is 47.4 Å². The summed E-state index contributed by atoms with van der Waals surface area (Å²) in [4.78, 5) is 28.7. The zero-order valence-corrected chi connectivity index (χ0v) is 20.9. The van der Waals surface area contributed by atoms with Gasteiger partial charge in [-0.3, -0.25) is 9.59 Å². The zero-order chi connectivity index (χ0) is 24.3. The summed E-state index contributed by atoms with van der Waals surface area (Å²) in [5, 5.41) is 4.19. The van der Waals surface area contributed by atoms with Gasteiger partial charge in [-0.25, -0.2) is 0 Å². The summed E-state index contributed by atoms with van der Waals surface area (Å²) in [7, 11) is 0. The number of amides is 2. The molecule has 0 saturated carbocycles. The van der Waals surface area contributed by atoms with Gasteiger partial charge in [0, 0.05) is 29.6 Å². The van der Waals surface area contributed by atoms with Gasteiger partial charge in [0.2, 0.25) is 11.8 Å². The van der Waals surface area contributed by atoms with Crippen LogP contribution in [0, 0.1) is 0 Å². The molecule has 0 heterocycles. The molecule has 178 valence electrons. The second kappa shape index (κ2) is 13.2. The summed E-state index contributed by atoms with van der Waals surface area (Å²) in [5.74, 6) is -0.299. The number of hydrogen-bond donors (Lipinski definition) is 1. The van der Waals surface area contributed by atoms with Crippen molar-refractivity contribution in [3.63, 3.8) is 0 Å². The highest BCUT2D eigenvalue weighted by atomic mass is 35.5. The average Bonchev–Trinajstić information content (AvgIpc) is 2.82. The Kier molecular flexibility index (Phi) is 9.99. The van der Waals surface area contributed by atoms with Gasteiger partial charge in [-0.1, -0.05) is 91.1 Å². The number of halogens is 2. The van der Waals surface area contributed by atoms with Crippen LogP contribution in [-0.4, -0.2) is 29.3 Å². The van der Waals surface area contributed by atoms with Gasteiger partial charge < -0.3 is 10.2 Å². The number of benzene rings is 3. The van der Waals surface area contributed by atoms with Crippen molar-refractivity contribution in [2.24, 2.45) is 0 Å². The fraction of sp³-hybridized carbons (Fsp3) is 0.286. The molecule has 0 radical (unpaired) electrons. The Labute approximate surface area is 211 Å². The van der Waals surface area contributed by atoms with Crippen LogP contribution < -0.4 is 5.32 Å². The fourth-order valence-corrected chi connectivity index (χ4v) is 4.24. The molecule has 3 aromatic carbocycles. The van der Waals surface area contributed by atoms with E-state index in [1.807, 2.05) is 60.7 Å². The van der Waals surface area contributed by atoms with E-state index in [2.05, 4.69) is 12.2 Å². The Morgan fingerprint density at radius 2 is 1.47 bits per heavy atom. The van der Waals surface area contributed by atoms with Gasteiger partial charge in [-0.15, -0.1) is 0 Å². The second-order valence-corrected chi connectivity index (χ2v) is 9.18. The van der Waals surface area contributed by atoms with E-state index in [0.29, 0.717) is 23.0 Å². The molecule has 0 bridgehead atoms. The number of unbranched alkanes of at least 4 members (excludes halogenated alkanes) is 1. The SMILES string of the molecule is CCCCNC(=O)[C@@H](Cc1ccccc1)N(Cc1cccc(Cl)c1)C(=O)Cc1cccc(Cl)c1. The van der Waals surface area contributed by atoms with Crippen LogP contribution in [0.4, 0.5) is 0 Å². The van der Waals surface area contributed by atoms with Crippen LogP contribution in [0.2, 0.25) is 10.0 Å². The van der Waals surface area contributed by atoms with Crippen molar-refractivity contribution in [1.29, 1.82) is 0 Å². The maximum absolute atomic E-state index is 13.6. The van der Waals surface area contributed by atoms with E-state index in [9.17, 15) is 9.59 Å². The predicted octanol–water partition coefficient (Wildman–Crippen LogP) is 6.09. The minimum absolute atomic E-state index is 0.145. The standard InChI is InChI=1S/C28H30Cl2N2O2/c1-2-3-15-31-28(34)26(18-21-9-5-4-6-10-21)32(20-23-12-8-14-25(30)17-23)27(33)19-22-11-7-13-24(29)16-22/h4-14,16-17,26H,2-3,15,18-20H2,1H3,(H,31,34)/t26-/m1/s1. The highest BCUT2D eigenvalue weighted by Gasteiger charge is 2.30.